The zero-order valence-corrected chi connectivity index (χ0v) is 17.1. The number of hydrogen-bond donors (Lipinski definition) is 2. The quantitative estimate of drug-likeness (QED) is 0.563. The van der Waals surface area contributed by atoms with Crippen LogP contribution in [0.2, 0.25) is 5.02 Å². The van der Waals surface area contributed by atoms with Gasteiger partial charge in [0.15, 0.2) is 5.65 Å². The van der Waals surface area contributed by atoms with E-state index in [1.807, 2.05) is 25.1 Å². The van der Waals surface area contributed by atoms with Gasteiger partial charge in [-0.25, -0.2) is 4.98 Å². The highest BCUT2D eigenvalue weighted by atomic mass is 35.5. The highest BCUT2D eigenvalue weighted by Gasteiger charge is 2.17. The second-order valence-corrected chi connectivity index (χ2v) is 6.67. The molecule has 8 nitrogen and oxygen atoms in total. The highest BCUT2D eigenvalue weighted by Crippen LogP contribution is 2.32. The molecular weight excluding hydrogens is 382 g/mol. The summed E-state index contributed by atoms with van der Waals surface area (Å²) in [4.78, 5) is 4.67. The maximum Gasteiger partial charge on any atom is 0.159 e. The first-order valence-electron chi connectivity index (χ1n) is 8.76. The molecule has 2 N–H and O–H groups in total. The zero-order valence-electron chi connectivity index (χ0n) is 16.3. The van der Waals surface area contributed by atoms with E-state index in [1.54, 1.807) is 38.1 Å². The van der Waals surface area contributed by atoms with Crippen LogP contribution >= 0.6 is 11.6 Å². The Hall–Kier alpha value is -2.55. The fourth-order valence-corrected chi connectivity index (χ4v) is 3.11. The van der Waals surface area contributed by atoms with Gasteiger partial charge < -0.3 is 24.8 Å². The van der Waals surface area contributed by atoms with Crippen molar-refractivity contribution in [3.63, 3.8) is 0 Å². The molecule has 0 amide bonds. The van der Waals surface area contributed by atoms with Crippen molar-refractivity contribution < 1.29 is 14.2 Å². The van der Waals surface area contributed by atoms with Gasteiger partial charge in [0, 0.05) is 31.9 Å². The van der Waals surface area contributed by atoms with Crippen molar-refractivity contribution >= 4 is 34.6 Å². The molecule has 0 unspecified atom stereocenters. The molecule has 9 heteroatoms. The number of rotatable bonds is 9. The molecule has 2 heterocycles. The molecule has 150 valence electrons. The maximum atomic E-state index is 6.38. The van der Waals surface area contributed by atoms with E-state index in [0.717, 1.165) is 17.1 Å². The lowest BCUT2D eigenvalue weighted by Gasteiger charge is -2.22. The third-order valence-electron chi connectivity index (χ3n) is 4.28. The average Bonchev–Trinajstić information content (AvgIpc) is 3.15. The van der Waals surface area contributed by atoms with E-state index in [4.69, 9.17) is 25.8 Å². The van der Waals surface area contributed by atoms with Crippen LogP contribution in [-0.4, -0.2) is 55.2 Å². The molecular formula is C19H24ClN5O3. The van der Waals surface area contributed by atoms with Gasteiger partial charge in [-0.15, -0.1) is 0 Å². The van der Waals surface area contributed by atoms with E-state index >= 15 is 0 Å². The summed E-state index contributed by atoms with van der Waals surface area (Å²) in [5, 5.41) is 11.7. The fraction of sp³-hybridized carbons (Fsp3) is 0.368. The van der Waals surface area contributed by atoms with Crippen LogP contribution < -0.4 is 15.4 Å². The second-order valence-electron chi connectivity index (χ2n) is 6.26. The van der Waals surface area contributed by atoms with Crippen molar-refractivity contribution in [2.24, 2.45) is 0 Å². The van der Waals surface area contributed by atoms with Gasteiger partial charge in [-0.3, -0.25) is 0 Å². The van der Waals surface area contributed by atoms with Gasteiger partial charge >= 0.3 is 0 Å². The van der Waals surface area contributed by atoms with Crippen molar-refractivity contribution in [2.45, 2.75) is 13.0 Å². The Balaban J connectivity index is 1.98. The number of aromatic nitrogens is 3. The highest BCUT2D eigenvalue weighted by molar-refractivity contribution is 6.33. The zero-order chi connectivity index (χ0) is 20.1. The van der Waals surface area contributed by atoms with Crippen LogP contribution in [0.3, 0.4) is 0 Å². The van der Waals surface area contributed by atoms with Gasteiger partial charge in [-0.2, -0.15) is 9.61 Å². The molecule has 0 aliphatic rings. The summed E-state index contributed by atoms with van der Waals surface area (Å²) in [6, 6.07) is 7.25. The number of fused-ring (bicyclic) bond motifs is 1. The third kappa shape index (κ3) is 4.30. The molecule has 3 rings (SSSR count). The molecule has 0 fully saturated rings. The van der Waals surface area contributed by atoms with Crippen LogP contribution in [0.25, 0.3) is 5.65 Å². The number of ether oxygens (including phenoxy) is 3. The molecule has 1 aromatic carbocycles. The lowest BCUT2D eigenvalue weighted by Crippen LogP contribution is -2.31. The number of anilines is 3. The molecule has 0 saturated carbocycles. The van der Waals surface area contributed by atoms with Gasteiger partial charge in [0.1, 0.15) is 17.4 Å². The van der Waals surface area contributed by atoms with Gasteiger partial charge in [0.2, 0.25) is 0 Å². The summed E-state index contributed by atoms with van der Waals surface area (Å²) in [5.74, 6) is 2.17. The van der Waals surface area contributed by atoms with E-state index in [0.29, 0.717) is 35.5 Å². The first kappa shape index (κ1) is 20.2. The van der Waals surface area contributed by atoms with E-state index < -0.39 is 0 Å². The van der Waals surface area contributed by atoms with E-state index in [2.05, 4.69) is 20.7 Å². The number of halogens is 1. The first-order valence-corrected chi connectivity index (χ1v) is 9.14. The number of hydrogen-bond acceptors (Lipinski definition) is 7. The van der Waals surface area contributed by atoms with Gasteiger partial charge in [-0.1, -0.05) is 11.6 Å². The minimum absolute atomic E-state index is 0.0408. The Kier molecular flexibility index (Phi) is 6.56. The van der Waals surface area contributed by atoms with Gasteiger partial charge in [0.05, 0.1) is 43.3 Å². The lowest BCUT2D eigenvalue weighted by atomic mass is 10.2. The number of methoxy groups -OCH3 is 3. The SMILES string of the molecule is COCC(COC)Nc1c(C)c(Nc2ccc(OC)cc2Cl)nc2ccnn12. The second kappa shape index (κ2) is 9.09. The summed E-state index contributed by atoms with van der Waals surface area (Å²) < 4.78 is 17.6. The molecule has 0 spiro atoms. The molecule has 3 aromatic rings. The minimum Gasteiger partial charge on any atom is -0.497 e. The van der Waals surface area contributed by atoms with Crippen LogP contribution in [-0.2, 0) is 9.47 Å². The van der Waals surface area contributed by atoms with Crippen LogP contribution in [0.4, 0.5) is 17.3 Å². The van der Waals surface area contributed by atoms with Crippen LogP contribution in [0.5, 0.6) is 5.75 Å². The third-order valence-corrected chi connectivity index (χ3v) is 4.59. The van der Waals surface area contributed by atoms with Crippen LogP contribution in [0.15, 0.2) is 30.5 Å². The van der Waals surface area contributed by atoms with Gasteiger partial charge in [0.25, 0.3) is 0 Å². The van der Waals surface area contributed by atoms with Crippen molar-refractivity contribution in [1.29, 1.82) is 0 Å². The Bertz CT molecular complexity index is 941. The van der Waals surface area contributed by atoms with Gasteiger partial charge in [-0.05, 0) is 19.1 Å². The predicted octanol–water partition coefficient (Wildman–Crippen LogP) is 3.52. The Morgan fingerprint density at radius 2 is 1.89 bits per heavy atom. The monoisotopic (exact) mass is 405 g/mol. The Morgan fingerprint density at radius 1 is 1.14 bits per heavy atom. The molecule has 2 aromatic heterocycles. The van der Waals surface area contributed by atoms with Crippen LogP contribution in [0, 0.1) is 6.92 Å². The number of nitrogens with zero attached hydrogens (tertiary/aromatic N) is 3. The maximum absolute atomic E-state index is 6.38. The topological polar surface area (TPSA) is 81.9 Å². The number of nitrogens with one attached hydrogen (secondary N) is 2. The summed E-state index contributed by atoms with van der Waals surface area (Å²) in [6.45, 7) is 2.95. The lowest BCUT2D eigenvalue weighted by molar-refractivity contribution is 0.126. The summed E-state index contributed by atoms with van der Waals surface area (Å²) in [5.41, 5.74) is 2.33. The Morgan fingerprint density at radius 3 is 2.54 bits per heavy atom. The number of benzene rings is 1. The summed E-state index contributed by atoms with van der Waals surface area (Å²) in [7, 11) is 4.92. The molecule has 28 heavy (non-hydrogen) atoms. The molecule has 0 radical (unpaired) electrons. The minimum atomic E-state index is -0.0408. The normalized spacial score (nSPS) is 11.2. The van der Waals surface area contributed by atoms with Crippen molar-refractivity contribution in [2.75, 3.05) is 45.2 Å². The summed E-state index contributed by atoms with van der Waals surface area (Å²) in [6.07, 6.45) is 1.71. The summed E-state index contributed by atoms with van der Waals surface area (Å²) >= 11 is 6.38. The van der Waals surface area contributed by atoms with Crippen molar-refractivity contribution in [3.05, 3.63) is 41.0 Å². The van der Waals surface area contributed by atoms with E-state index in [-0.39, 0.29) is 6.04 Å². The molecule has 0 saturated heterocycles. The van der Waals surface area contributed by atoms with E-state index in [1.165, 1.54) is 0 Å². The van der Waals surface area contributed by atoms with E-state index in [9.17, 15) is 0 Å². The molecule has 0 aliphatic heterocycles. The first-order chi connectivity index (χ1) is 13.6. The molecule has 0 atom stereocenters. The standard InChI is InChI=1S/C19H24ClN5O3/c1-12-18(23-16-6-5-14(28-4)9-15(16)20)24-17-7-8-21-25(17)19(12)22-13(10-26-2)11-27-3/h5-9,13,22H,10-11H2,1-4H3,(H,23,24). The predicted molar refractivity (Wildman–Crippen MR) is 110 cm³/mol. The largest absolute Gasteiger partial charge is 0.497 e. The average molecular weight is 406 g/mol. The van der Waals surface area contributed by atoms with Crippen LogP contribution in [0.1, 0.15) is 5.56 Å². The fourth-order valence-electron chi connectivity index (χ4n) is 2.89. The van der Waals surface area contributed by atoms with Crippen molar-refractivity contribution in [1.82, 2.24) is 14.6 Å². The molecule has 0 aliphatic carbocycles. The van der Waals surface area contributed by atoms with Crippen molar-refractivity contribution in [3.8, 4) is 5.75 Å². The molecule has 0 bridgehead atoms. The smallest absolute Gasteiger partial charge is 0.159 e. The Labute approximate surface area is 168 Å².